The minimum absolute atomic E-state index is 0.158. The minimum atomic E-state index is -0.767. The Labute approximate surface area is 85.2 Å². The van der Waals surface area contributed by atoms with E-state index in [4.69, 9.17) is 5.11 Å². The van der Waals surface area contributed by atoms with Crippen molar-refractivity contribution in [2.45, 2.75) is 31.7 Å². The number of carbonyl (C=O) groups is 1. The highest BCUT2D eigenvalue weighted by atomic mass is 32.1. The van der Waals surface area contributed by atoms with Gasteiger partial charge in [-0.05, 0) is 19.8 Å². The molecule has 1 aliphatic rings. The zero-order valence-electron chi connectivity index (χ0n) is 7.78. The number of carboxylic acids is 1. The molecule has 1 aromatic heterocycles. The molecule has 0 amide bonds. The van der Waals surface area contributed by atoms with Crippen molar-refractivity contribution < 1.29 is 9.90 Å². The second-order valence-electron chi connectivity index (χ2n) is 3.60. The van der Waals surface area contributed by atoms with Gasteiger partial charge in [0.2, 0.25) is 5.13 Å². The number of nitrogens with one attached hydrogen (secondary N) is 1. The molecule has 0 bridgehead atoms. The van der Waals surface area contributed by atoms with Gasteiger partial charge in [-0.3, -0.25) is 4.79 Å². The lowest BCUT2D eigenvalue weighted by molar-refractivity contribution is -0.137. The monoisotopic (exact) mass is 213 g/mol. The van der Waals surface area contributed by atoms with Crippen LogP contribution in [0.5, 0.6) is 0 Å². The van der Waals surface area contributed by atoms with E-state index in [1.807, 2.05) is 6.92 Å². The summed E-state index contributed by atoms with van der Waals surface area (Å²) in [6, 6.07) is 0. The maximum Gasteiger partial charge on any atom is 0.305 e. The van der Waals surface area contributed by atoms with Crippen LogP contribution in [0.3, 0.4) is 0 Å². The van der Waals surface area contributed by atoms with Crippen molar-refractivity contribution in [3.8, 4) is 0 Å². The fourth-order valence-electron chi connectivity index (χ4n) is 1.36. The summed E-state index contributed by atoms with van der Waals surface area (Å²) in [6.45, 7) is 1.87. The van der Waals surface area contributed by atoms with Gasteiger partial charge in [0.25, 0.3) is 0 Å². The molecule has 0 saturated heterocycles. The topological polar surface area (TPSA) is 75.1 Å². The summed E-state index contributed by atoms with van der Waals surface area (Å²) in [5.74, 6) is -0.767. The van der Waals surface area contributed by atoms with Crippen molar-refractivity contribution in [1.29, 1.82) is 0 Å². The van der Waals surface area contributed by atoms with Crippen molar-refractivity contribution in [2.75, 3.05) is 5.32 Å². The van der Waals surface area contributed by atoms with Gasteiger partial charge in [0, 0.05) is 0 Å². The highest BCUT2D eigenvalue weighted by molar-refractivity contribution is 7.15. The van der Waals surface area contributed by atoms with Gasteiger partial charge in [0.15, 0.2) is 0 Å². The molecule has 0 radical (unpaired) electrons. The Morgan fingerprint density at radius 1 is 1.64 bits per heavy atom. The molecule has 1 heterocycles. The lowest BCUT2D eigenvalue weighted by Crippen LogP contribution is -2.24. The highest BCUT2D eigenvalue weighted by Gasteiger charge is 2.45. The molecule has 1 saturated carbocycles. The molecule has 0 aromatic carbocycles. The van der Waals surface area contributed by atoms with E-state index in [9.17, 15) is 4.79 Å². The molecule has 1 aliphatic carbocycles. The molecule has 2 N–H and O–H groups in total. The lowest BCUT2D eigenvalue weighted by Gasteiger charge is -2.12. The fourth-order valence-corrected chi connectivity index (χ4v) is 2.07. The standard InChI is InChI=1S/C8H11N3O2S/c1-5-10-11-7(14-5)9-8(2-3-8)4-6(12)13/h2-4H2,1H3,(H,9,11)(H,12,13). The number of aryl methyl sites for hydroxylation is 1. The van der Waals surface area contributed by atoms with E-state index < -0.39 is 5.97 Å². The van der Waals surface area contributed by atoms with Gasteiger partial charge >= 0.3 is 5.97 Å². The van der Waals surface area contributed by atoms with Crippen molar-refractivity contribution in [2.24, 2.45) is 0 Å². The minimum Gasteiger partial charge on any atom is -0.481 e. The predicted octanol–water partition coefficient (Wildman–Crippen LogP) is 1.27. The molecule has 1 aromatic rings. The van der Waals surface area contributed by atoms with E-state index in [2.05, 4.69) is 15.5 Å². The van der Waals surface area contributed by atoms with Crippen LogP contribution >= 0.6 is 11.3 Å². The Morgan fingerprint density at radius 3 is 2.79 bits per heavy atom. The van der Waals surface area contributed by atoms with E-state index in [0.717, 1.165) is 23.0 Å². The van der Waals surface area contributed by atoms with Gasteiger partial charge in [-0.25, -0.2) is 0 Å². The van der Waals surface area contributed by atoms with Crippen LogP contribution in [0.1, 0.15) is 24.3 Å². The van der Waals surface area contributed by atoms with Crippen LogP contribution in [-0.2, 0) is 4.79 Å². The van der Waals surface area contributed by atoms with E-state index in [1.54, 1.807) is 0 Å². The molecule has 2 rings (SSSR count). The first-order valence-corrected chi connectivity index (χ1v) is 5.21. The van der Waals surface area contributed by atoms with Gasteiger partial charge in [0.05, 0.1) is 12.0 Å². The summed E-state index contributed by atoms with van der Waals surface area (Å²) in [5, 5.41) is 21.2. The molecule has 0 aliphatic heterocycles. The van der Waals surface area contributed by atoms with Crippen LogP contribution in [0, 0.1) is 6.92 Å². The Kier molecular flexibility index (Phi) is 2.14. The van der Waals surface area contributed by atoms with Crippen LogP contribution in [0.15, 0.2) is 0 Å². The number of nitrogens with zero attached hydrogens (tertiary/aromatic N) is 2. The third kappa shape index (κ3) is 2.01. The van der Waals surface area contributed by atoms with Crippen LogP contribution < -0.4 is 5.32 Å². The summed E-state index contributed by atoms with van der Waals surface area (Å²) in [7, 11) is 0. The smallest absolute Gasteiger partial charge is 0.305 e. The Morgan fingerprint density at radius 2 is 2.36 bits per heavy atom. The number of rotatable bonds is 4. The largest absolute Gasteiger partial charge is 0.481 e. The van der Waals surface area contributed by atoms with Crippen LogP contribution in [-0.4, -0.2) is 26.8 Å². The molecule has 1 fully saturated rings. The summed E-state index contributed by atoms with van der Waals surface area (Å²) in [6.07, 6.45) is 1.96. The number of anilines is 1. The maximum absolute atomic E-state index is 10.6. The molecular weight excluding hydrogens is 202 g/mol. The van der Waals surface area contributed by atoms with Crippen LogP contribution in [0.2, 0.25) is 0 Å². The summed E-state index contributed by atoms with van der Waals surface area (Å²) < 4.78 is 0. The number of aliphatic carboxylic acids is 1. The Hall–Kier alpha value is -1.17. The molecule has 6 heteroatoms. The molecule has 5 nitrogen and oxygen atoms in total. The Bertz CT molecular complexity index is 359. The lowest BCUT2D eigenvalue weighted by atomic mass is 10.2. The molecule has 76 valence electrons. The first-order chi connectivity index (χ1) is 6.60. The molecular formula is C8H11N3O2S. The second-order valence-corrected chi connectivity index (χ2v) is 4.78. The average molecular weight is 213 g/mol. The molecule has 0 spiro atoms. The molecule has 0 atom stereocenters. The summed E-state index contributed by atoms with van der Waals surface area (Å²) in [5.41, 5.74) is -0.252. The van der Waals surface area contributed by atoms with Gasteiger partial charge in [0.1, 0.15) is 5.01 Å². The van der Waals surface area contributed by atoms with E-state index in [0.29, 0.717) is 0 Å². The normalized spacial score (nSPS) is 17.8. The van der Waals surface area contributed by atoms with Gasteiger partial charge in [-0.2, -0.15) is 0 Å². The summed E-state index contributed by atoms with van der Waals surface area (Å²) in [4.78, 5) is 10.6. The predicted molar refractivity (Wildman–Crippen MR) is 52.5 cm³/mol. The average Bonchev–Trinajstić information content (AvgIpc) is 2.67. The van der Waals surface area contributed by atoms with Crippen molar-refractivity contribution in [3.63, 3.8) is 0 Å². The molecule has 0 unspecified atom stereocenters. The fraction of sp³-hybridized carbons (Fsp3) is 0.625. The van der Waals surface area contributed by atoms with Gasteiger partial charge in [-0.1, -0.05) is 11.3 Å². The van der Waals surface area contributed by atoms with Crippen LogP contribution in [0.25, 0.3) is 0 Å². The van der Waals surface area contributed by atoms with Crippen molar-refractivity contribution in [3.05, 3.63) is 5.01 Å². The number of carboxylic acid groups (broad SMARTS) is 1. The summed E-state index contributed by atoms with van der Waals surface area (Å²) >= 11 is 1.46. The number of aromatic nitrogens is 2. The van der Waals surface area contributed by atoms with E-state index in [1.165, 1.54) is 11.3 Å². The van der Waals surface area contributed by atoms with Crippen LogP contribution in [0.4, 0.5) is 5.13 Å². The zero-order valence-corrected chi connectivity index (χ0v) is 8.60. The second kappa shape index (κ2) is 3.20. The van der Waals surface area contributed by atoms with Crippen molar-refractivity contribution in [1.82, 2.24) is 10.2 Å². The van der Waals surface area contributed by atoms with E-state index in [-0.39, 0.29) is 12.0 Å². The van der Waals surface area contributed by atoms with Gasteiger partial charge < -0.3 is 10.4 Å². The highest BCUT2D eigenvalue weighted by Crippen LogP contribution is 2.42. The first kappa shape index (κ1) is 9.39. The first-order valence-electron chi connectivity index (χ1n) is 4.40. The molecule has 14 heavy (non-hydrogen) atoms. The number of hydrogen-bond donors (Lipinski definition) is 2. The maximum atomic E-state index is 10.6. The quantitative estimate of drug-likeness (QED) is 0.787. The van der Waals surface area contributed by atoms with Crippen molar-refractivity contribution >= 4 is 22.4 Å². The number of hydrogen-bond acceptors (Lipinski definition) is 5. The Balaban J connectivity index is 2.00. The van der Waals surface area contributed by atoms with E-state index >= 15 is 0 Å². The third-order valence-corrected chi connectivity index (χ3v) is 3.00. The SMILES string of the molecule is Cc1nnc(NC2(CC(=O)O)CC2)s1. The van der Waals surface area contributed by atoms with Gasteiger partial charge in [-0.15, -0.1) is 10.2 Å². The zero-order chi connectivity index (χ0) is 10.2. The third-order valence-electron chi connectivity index (χ3n) is 2.24.